The minimum Gasteiger partial charge on any atom is -0.444 e. The van der Waals surface area contributed by atoms with Crippen molar-refractivity contribution in [1.29, 1.82) is 0 Å². The molecule has 110 valence electrons. The maximum absolute atomic E-state index is 11.9. The highest BCUT2D eigenvalue weighted by Gasteiger charge is 2.15. The number of alkyl carbamates (subject to hydrolysis) is 1. The van der Waals surface area contributed by atoms with Gasteiger partial charge < -0.3 is 10.1 Å². The quantitative estimate of drug-likeness (QED) is 0.651. The van der Waals surface area contributed by atoms with Crippen LogP contribution in [0, 0.1) is 0 Å². The van der Waals surface area contributed by atoms with Crippen LogP contribution < -0.4 is 5.32 Å². The van der Waals surface area contributed by atoms with E-state index in [-0.39, 0.29) is 5.78 Å². The van der Waals surface area contributed by atoms with Crippen molar-refractivity contribution in [2.75, 3.05) is 6.54 Å². The Bertz CT molecular complexity index is 480. The van der Waals surface area contributed by atoms with E-state index in [1.165, 1.54) is 0 Å². The molecule has 0 saturated heterocycles. The van der Waals surface area contributed by atoms with Gasteiger partial charge in [-0.15, -0.1) is 0 Å². The molecule has 0 aromatic heterocycles. The first-order valence-corrected chi connectivity index (χ1v) is 7.33. The van der Waals surface area contributed by atoms with Crippen molar-refractivity contribution in [2.45, 2.75) is 39.2 Å². The number of halogens is 1. The van der Waals surface area contributed by atoms with Gasteiger partial charge in [-0.3, -0.25) is 4.79 Å². The number of benzene rings is 1. The van der Waals surface area contributed by atoms with Gasteiger partial charge in [0.15, 0.2) is 5.78 Å². The van der Waals surface area contributed by atoms with Crippen LogP contribution in [-0.4, -0.2) is 24.0 Å². The zero-order valence-electron chi connectivity index (χ0n) is 12.0. The summed E-state index contributed by atoms with van der Waals surface area (Å²) < 4.78 is 5.99. The molecule has 0 bridgehead atoms. The molecule has 1 amide bonds. The van der Waals surface area contributed by atoms with Gasteiger partial charge in [-0.1, -0.05) is 28.1 Å². The minimum atomic E-state index is -0.504. The Labute approximate surface area is 128 Å². The lowest BCUT2D eigenvalue weighted by Gasteiger charge is -2.19. The van der Waals surface area contributed by atoms with Gasteiger partial charge >= 0.3 is 6.09 Å². The number of Topliss-reactive ketones (excluding diaryl/α,β-unsaturated/α-hetero) is 1. The molecule has 1 aromatic carbocycles. The maximum Gasteiger partial charge on any atom is 0.407 e. The summed E-state index contributed by atoms with van der Waals surface area (Å²) in [5, 5.41) is 2.63. The molecule has 0 unspecified atom stereocenters. The molecule has 0 aliphatic heterocycles. The van der Waals surface area contributed by atoms with Crippen molar-refractivity contribution < 1.29 is 14.3 Å². The molecule has 0 fully saturated rings. The Morgan fingerprint density at radius 2 is 2.00 bits per heavy atom. The zero-order chi connectivity index (χ0) is 15.2. The third-order valence-electron chi connectivity index (χ3n) is 2.40. The smallest absolute Gasteiger partial charge is 0.407 e. The van der Waals surface area contributed by atoms with Crippen LogP contribution in [0.15, 0.2) is 28.7 Å². The van der Waals surface area contributed by atoms with E-state index in [0.29, 0.717) is 24.9 Å². The van der Waals surface area contributed by atoms with Crippen molar-refractivity contribution in [3.8, 4) is 0 Å². The largest absolute Gasteiger partial charge is 0.444 e. The number of hydrogen-bond acceptors (Lipinski definition) is 3. The van der Waals surface area contributed by atoms with Crippen molar-refractivity contribution in [3.63, 3.8) is 0 Å². The lowest BCUT2D eigenvalue weighted by Crippen LogP contribution is -2.33. The van der Waals surface area contributed by atoms with Crippen molar-refractivity contribution in [2.24, 2.45) is 0 Å². The summed E-state index contributed by atoms with van der Waals surface area (Å²) in [5.41, 5.74) is 0.174. The van der Waals surface area contributed by atoms with Gasteiger partial charge in [0.05, 0.1) is 0 Å². The van der Waals surface area contributed by atoms with Gasteiger partial charge in [-0.25, -0.2) is 4.79 Å². The fraction of sp³-hybridized carbons (Fsp3) is 0.467. The average Bonchev–Trinajstić information content (AvgIpc) is 2.32. The third kappa shape index (κ3) is 6.70. The van der Waals surface area contributed by atoms with Crippen LogP contribution in [0.1, 0.15) is 44.0 Å². The fourth-order valence-corrected chi connectivity index (χ4v) is 1.96. The molecule has 0 radical (unpaired) electrons. The van der Waals surface area contributed by atoms with E-state index >= 15 is 0 Å². The number of amides is 1. The highest BCUT2D eigenvalue weighted by molar-refractivity contribution is 9.10. The summed E-state index contributed by atoms with van der Waals surface area (Å²) in [7, 11) is 0. The molecule has 0 saturated carbocycles. The fourth-order valence-electron chi connectivity index (χ4n) is 1.56. The van der Waals surface area contributed by atoms with Crippen molar-refractivity contribution in [3.05, 3.63) is 34.3 Å². The molecule has 1 rings (SSSR count). The number of rotatable bonds is 5. The molecule has 5 heteroatoms. The molecular weight excluding hydrogens is 322 g/mol. The summed E-state index contributed by atoms with van der Waals surface area (Å²) >= 11 is 3.33. The molecule has 0 heterocycles. The summed E-state index contributed by atoms with van der Waals surface area (Å²) in [6.45, 7) is 5.85. The number of ketones is 1. The second-order valence-electron chi connectivity index (χ2n) is 5.47. The summed E-state index contributed by atoms with van der Waals surface area (Å²) in [6.07, 6.45) is 0.531. The molecular formula is C15H20BrNO3. The first kappa shape index (κ1) is 16.7. The molecule has 0 aliphatic carbocycles. The minimum absolute atomic E-state index is 0.0669. The normalized spacial score (nSPS) is 11.0. The first-order valence-electron chi connectivity index (χ1n) is 6.53. The van der Waals surface area contributed by atoms with Gasteiger partial charge in [-0.2, -0.15) is 0 Å². The number of hydrogen-bond donors (Lipinski definition) is 1. The lowest BCUT2D eigenvalue weighted by atomic mass is 10.1. The Hall–Kier alpha value is -1.36. The van der Waals surface area contributed by atoms with Crippen LogP contribution in [0.2, 0.25) is 0 Å². The molecule has 0 atom stereocenters. The highest BCUT2D eigenvalue weighted by Crippen LogP contribution is 2.13. The van der Waals surface area contributed by atoms with E-state index in [1.54, 1.807) is 12.1 Å². The first-order chi connectivity index (χ1) is 9.28. The molecule has 0 spiro atoms. The predicted octanol–water partition coefficient (Wildman–Crippen LogP) is 3.94. The van der Waals surface area contributed by atoms with Crippen LogP contribution in [0.3, 0.4) is 0 Å². The van der Waals surface area contributed by atoms with E-state index in [2.05, 4.69) is 21.2 Å². The van der Waals surface area contributed by atoms with Crippen LogP contribution in [0.25, 0.3) is 0 Å². The summed E-state index contributed by atoms with van der Waals surface area (Å²) in [6, 6.07) is 7.29. The van der Waals surface area contributed by atoms with Crippen LogP contribution in [0.4, 0.5) is 4.79 Å². The number of ether oxygens (including phenoxy) is 1. The Kier molecular flexibility index (Phi) is 6.20. The SMILES string of the molecule is CC(C)(C)OC(=O)NCCCC(=O)c1cccc(Br)c1. The highest BCUT2D eigenvalue weighted by atomic mass is 79.9. The lowest BCUT2D eigenvalue weighted by molar-refractivity contribution is 0.0525. The van der Waals surface area contributed by atoms with E-state index in [1.807, 2.05) is 32.9 Å². The Balaban J connectivity index is 2.28. The molecule has 1 aromatic rings. The van der Waals surface area contributed by atoms with Crippen molar-refractivity contribution >= 4 is 27.8 Å². The van der Waals surface area contributed by atoms with Gasteiger partial charge in [0.1, 0.15) is 5.60 Å². The van der Waals surface area contributed by atoms with Gasteiger partial charge in [0.25, 0.3) is 0 Å². The van der Waals surface area contributed by atoms with E-state index in [4.69, 9.17) is 4.74 Å². The van der Waals surface area contributed by atoms with Gasteiger partial charge in [0, 0.05) is 23.0 Å². The molecule has 1 N–H and O–H groups in total. The second kappa shape index (κ2) is 7.43. The monoisotopic (exact) mass is 341 g/mol. The van der Waals surface area contributed by atoms with E-state index in [9.17, 15) is 9.59 Å². The van der Waals surface area contributed by atoms with Gasteiger partial charge in [0.2, 0.25) is 0 Å². The Morgan fingerprint density at radius 1 is 1.30 bits per heavy atom. The molecule has 0 aliphatic rings. The van der Waals surface area contributed by atoms with Gasteiger partial charge in [-0.05, 0) is 39.3 Å². The van der Waals surface area contributed by atoms with E-state index < -0.39 is 11.7 Å². The number of carbonyl (C=O) groups is 2. The molecule has 20 heavy (non-hydrogen) atoms. The van der Waals surface area contributed by atoms with Crippen LogP contribution in [-0.2, 0) is 4.74 Å². The van der Waals surface area contributed by atoms with Crippen LogP contribution >= 0.6 is 15.9 Å². The zero-order valence-corrected chi connectivity index (χ0v) is 13.6. The maximum atomic E-state index is 11.9. The average molecular weight is 342 g/mol. The van der Waals surface area contributed by atoms with Crippen LogP contribution in [0.5, 0.6) is 0 Å². The Morgan fingerprint density at radius 3 is 2.60 bits per heavy atom. The number of nitrogens with one attached hydrogen (secondary N) is 1. The van der Waals surface area contributed by atoms with Crippen molar-refractivity contribution in [1.82, 2.24) is 5.32 Å². The van der Waals surface area contributed by atoms with E-state index in [0.717, 1.165) is 4.47 Å². The third-order valence-corrected chi connectivity index (χ3v) is 2.89. The molecule has 4 nitrogen and oxygen atoms in total. The summed E-state index contributed by atoms with van der Waals surface area (Å²) in [5.74, 6) is 0.0669. The number of carbonyl (C=O) groups excluding carboxylic acids is 2. The summed E-state index contributed by atoms with van der Waals surface area (Å²) in [4.78, 5) is 23.3. The standard InChI is InChI=1S/C15H20BrNO3/c1-15(2,3)20-14(19)17-9-5-8-13(18)11-6-4-7-12(16)10-11/h4,6-7,10H,5,8-9H2,1-3H3,(H,17,19). The predicted molar refractivity (Wildman–Crippen MR) is 81.9 cm³/mol. The second-order valence-corrected chi connectivity index (χ2v) is 6.38. The topological polar surface area (TPSA) is 55.4 Å².